The normalized spacial score (nSPS) is 11.6. The zero-order valence-electron chi connectivity index (χ0n) is 25.7. The molecule has 0 saturated carbocycles. The quantitative estimate of drug-likeness (QED) is 0.142. The van der Waals surface area contributed by atoms with Crippen molar-refractivity contribution >= 4 is 52.6 Å². The Morgan fingerprint density at radius 1 is 1.00 bits per heavy atom. The van der Waals surface area contributed by atoms with Crippen LogP contribution in [0.5, 0.6) is 5.75 Å². The lowest BCUT2D eigenvalue weighted by molar-refractivity contribution is 0.251. The van der Waals surface area contributed by atoms with E-state index in [1.165, 1.54) is 6.07 Å². The Morgan fingerprint density at radius 2 is 1.83 bits per heavy atom. The van der Waals surface area contributed by atoms with Gasteiger partial charge in [-0.15, -0.1) is 10.2 Å². The first-order chi connectivity index (χ1) is 22.1. The van der Waals surface area contributed by atoms with Gasteiger partial charge in [-0.3, -0.25) is 9.72 Å². The van der Waals surface area contributed by atoms with Crippen LogP contribution in [0.1, 0.15) is 30.7 Å². The van der Waals surface area contributed by atoms with E-state index in [1.54, 1.807) is 40.3 Å². The zero-order chi connectivity index (χ0) is 32.4. The van der Waals surface area contributed by atoms with Crippen LogP contribution in [-0.4, -0.2) is 41.8 Å². The summed E-state index contributed by atoms with van der Waals surface area (Å²) >= 11 is 9.45. The number of hydrogen-bond donors (Lipinski definition) is 3. The number of pyridine rings is 1. The average Bonchev–Trinajstić information content (AvgIpc) is 3.66. The predicted molar refractivity (Wildman–Crippen MR) is 186 cm³/mol. The fourth-order valence-electron chi connectivity index (χ4n) is 4.84. The number of phenolic OH excluding ortho intramolecular Hbond substituents is 1. The van der Waals surface area contributed by atoms with Crippen LogP contribution in [0, 0.1) is 6.92 Å². The highest BCUT2D eigenvalue weighted by atomic mass is 35.5. The van der Waals surface area contributed by atoms with Gasteiger partial charge in [0.25, 0.3) is 0 Å². The van der Waals surface area contributed by atoms with Crippen LogP contribution in [0.3, 0.4) is 0 Å². The van der Waals surface area contributed by atoms with E-state index < -0.39 is 0 Å². The minimum absolute atomic E-state index is 0.0672. The molecule has 0 aliphatic rings. The minimum atomic E-state index is -0.334. The van der Waals surface area contributed by atoms with E-state index in [2.05, 4.69) is 40.9 Å². The van der Waals surface area contributed by atoms with Gasteiger partial charge in [0, 0.05) is 33.6 Å². The number of hydrogen-bond acceptors (Lipinski definition) is 7. The van der Waals surface area contributed by atoms with E-state index in [0.717, 1.165) is 32.3 Å². The van der Waals surface area contributed by atoms with Crippen LogP contribution in [0.15, 0.2) is 101 Å². The largest absolute Gasteiger partial charge is 0.507 e. The molecule has 0 radical (unpaired) electrons. The maximum absolute atomic E-state index is 13.3. The Hall–Kier alpha value is -4.45. The zero-order valence-corrected chi connectivity index (χ0v) is 28.0. The molecule has 0 spiro atoms. The van der Waals surface area contributed by atoms with Crippen LogP contribution >= 0.6 is 35.1 Å². The van der Waals surface area contributed by atoms with Crippen molar-refractivity contribution in [2.75, 3.05) is 11.6 Å². The molecule has 0 aliphatic carbocycles. The molecule has 0 bridgehead atoms. The first kappa shape index (κ1) is 31.5. The molecule has 9 nitrogen and oxygen atoms in total. The number of amides is 2. The van der Waals surface area contributed by atoms with E-state index in [9.17, 15) is 9.90 Å². The lowest BCUT2D eigenvalue weighted by atomic mass is 10.1. The smallest absolute Gasteiger partial charge is 0.320 e. The van der Waals surface area contributed by atoms with Crippen molar-refractivity contribution in [1.29, 1.82) is 0 Å². The number of halogens is 1. The summed E-state index contributed by atoms with van der Waals surface area (Å²) in [6.07, 6.45) is 3.97. The Balaban J connectivity index is 1.20. The van der Waals surface area contributed by atoms with Crippen LogP contribution in [0.2, 0.25) is 5.02 Å². The maximum Gasteiger partial charge on any atom is 0.320 e. The SMILES string of the molecule is CSC(C)(C)c1cc(NC(=O)NCc2ccccc2Sc2ccc3nnc(-c4cc(Cl)ccc4O)n3c2)n(-c2cccc(C)c2)n1. The molecular formula is C34H32ClN7O2S2. The molecule has 3 N–H and O–H groups in total. The fourth-order valence-corrected chi connectivity index (χ4v) is 6.29. The molecule has 2 amide bonds. The number of anilines is 1. The third-order valence-electron chi connectivity index (χ3n) is 7.54. The van der Waals surface area contributed by atoms with Crippen molar-refractivity contribution in [1.82, 2.24) is 29.7 Å². The summed E-state index contributed by atoms with van der Waals surface area (Å²) in [4.78, 5) is 15.2. The number of aromatic nitrogens is 5. The van der Waals surface area contributed by atoms with Crippen molar-refractivity contribution in [2.24, 2.45) is 0 Å². The second-order valence-electron chi connectivity index (χ2n) is 11.2. The van der Waals surface area contributed by atoms with Crippen LogP contribution in [0.25, 0.3) is 22.7 Å². The number of nitrogens with one attached hydrogen (secondary N) is 2. The molecule has 46 heavy (non-hydrogen) atoms. The predicted octanol–water partition coefficient (Wildman–Crippen LogP) is 8.32. The van der Waals surface area contributed by atoms with Crippen molar-refractivity contribution in [3.05, 3.63) is 113 Å². The Bertz CT molecular complexity index is 2060. The summed E-state index contributed by atoms with van der Waals surface area (Å²) in [6.45, 7) is 6.57. The van der Waals surface area contributed by atoms with Crippen LogP contribution < -0.4 is 10.6 Å². The fraction of sp³-hybridized carbons (Fsp3) is 0.176. The van der Waals surface area contributed by atoms with Crippen molar-refractivity contribution in [2.45, 2.75) is 41.9 Å². The molecular weight excluding hydrogens is 638 g/mol. The first-order valence-electron chi connectivity index (χ1n) is 14.5. The number of carbonyl (C=O) groups excluding carboxylic acids is 1. The number of aromatic hydroxyl groups is 1. The number of urea groups is 1. The van der Waals surface area contributed by atoms with E-state index in [1.807, 2.05) is 84.3 Å². The molecule has 0 saturated heterocycles. The molecule has 0 aliphatic heterocycles. The number of thioether (sulfide) groups is 1. The highest BCUT2D eigenvalue weighted by molar-refractivity contribution is 7.99. The van der Waals surface area contributed by atoms with E-state index in [4.69, 9.17) is 16.7 Å². The van der Waals surface area contributed by atoms with Crippen molar-refractivity contribution in [3.63, 3.8) is 0 Å². The number of phenols is 1. The van der Waals surface area contributed by atoms with E-state index in [-0.39, 0.29) is 16.5 Å². The van der Waals surface area contributed by atoms with Gasteiger partial charge in [0.2, 0.25) is 0 Å². The summed E-state index contributed by atoms with van der Waals surface area (Å²) in [5.41, 5.74) is 4.93. The van der Waals surface area contributed by atoms with Gasteiger partial charge in [0.1, 0.15) is 11.6 Å². The Morgan fingerprint density at radius 3 is 2.63 bits per heavy atom. The van der Waals surface area contributed by atoms with Gasteiger partial charge in [0.05, 0.1) is 21.7 Å². The van der Waals surface area contributed by atoms with Gasteiger partial charge in [-0.1, -0.05) is 53.7 Å². The lowest BCUT2D eigenvalue weighted by Gasteiger charge is -2.18. The van der Waals surface area contributed by atoms with Crippen molar-refractivity contribution < 1.29 is 9.90 Å². The van der Waals surface area contributed by atoms with Gasteiger partial charge in [-0.05, 0) is 86.7 Å². The van der Waals surface area contributed by atoms with E-state index in [0.29, 0.717) is 34.4 Å². The van der Waals surface area contributed by atoms with Gasteiger partial charge in [0.15, 0.2) is 11.5 Å². The second kappa shape index (κ2) is 13.1. The molecule has 0 unspecified atom stereocenters. The lowest BCUT2D eigenvalue weighted by Crippen LogP contribution is -2.29. The highest BCUT2D eigenvalue weighted by Gasteiger charge is 2.25. The molecule has 3 heterocycles. The standard InChI is InChI=1S/C34H32ClN7O2S2/c1-21-8-7-10-24(16-21)42-31(18-29(40-42)34(2,3)45-4)37-33(44)36-19-22-9-5-6-11-28(22)46-25-13-15-30-38-39-32(41(30)20-25)26-17-23(35)12-14-27(26)43/h5-18,20,43H,19H2,1-4H3,(H2,36,37,44). The summed E-state index contributed by atoms with van der Waals surface area (Å²) in [5, 5.41) is 30.4. The molecule has 0 fully saturated rings. The first-order valence-corrected chi connectivity index (χ1v) is 16.9. The van der Waals surface area contributed by atoms with Crippen LogP contribution in [-0.2, 0) is 11.3 Å². The summed E-state index contributed by atoms with van der Waals surface area (Å²) in [5.74, 6) is 1.14. The van der Waals surface area contributed by atoms with E-state index >= 15 is 0 Å². The number of carbonyl (C=O) groups is 1. The third kappa shape index (κ3) is 6.72. The van der Waals surface area contributed by atoms with Gasteiger partial charge in [-0.2, -0.15) is 16.9 Å². The molecule has 0 atom stereocenters. The monoisotopic (exact) mass is 669 g/mol. The molecule has 6 rings (SSSR count). The molecule has 12 heteroatoms. The number of rotatable bonds is 9. The Kier molecular flexibility index (Phi) is 8.99. The topological polar surface area (TPSA) is 109 Å². The third-order valence-corrected chi connectivity index (χ3v) is 10.1. The number of benzene rings is 3. The second-order valence-corrected chi connectivity index (χ2v) is 14.2. The number of nitrogens with zero attached hydrogens (tertiary/aromatic N) is 5. The van der Waals surface area contributed by atoms with Gasteiger partial charge < -0.3 is 10.4 Å². The Labute approximate surface area is 280 Å². The number of fused-ring (bicyclic) bond motifs is 1. The van der Waals surface area contributed by atoms with Gasteiger partial charge in [-0.25, -0.2) is 9.48 Å². The molecule has 6 aromatic rings. The maximum atomic E-state index is 13.3. The number of aryl methyl sites for hydroxylation is 1. The van der Waals surface area contributed by atoms with Crippen LogP contribution in [0.4, 0.5) is 10.6 Å². The molecule has 3 aromatic heterocycles. The summed E-state index contributed by atoms with van der Waals surface area (Å²) in [6, 6.07) is 26.2. The van der Waals surface area contributed by atoms with Crippen molar-refractivity contribution in [3.8, 4) is 22.8 Å². The van der Waals surface area contributed by atoms with Gasteiger partial charge >= 0.3 is 6.03 Å². The highest BCUT2D eigenvalue weighted by Crippen LogP contribution is 2.36. The summed E-state index contributed by atoms with van der Waals surface area (Å²) in [7, 11) is 0. The average molecular weight is 670 g/mol. The molecule has 234 valence electrons. The minimum Gasteiger partial charge on any atom is -0.507 e. The molecule has 3 aromatic carbocycles. The summed E-state index contributed by atoms with van der Waals surface area (Å²) < 4.78 is 3.37.